The fraction of sp³-hybridized carbons (Fsp3) is 0.167. The zero-order valence-corrected chi connectivity index (χ0v) is 16.0. The number of aromatic amines is 1. The highest BCUT2D eigenvalue weighted by Gasteiger charge is 2.27. The topological polar surface area (TPSA) is 72.1 Å². The highest BCUT2D eigenvalue weighted by molar-refractivity contribution is 6.48. The van der Waals surface area contributed by atoms with Gasteiger partial charge in [-0.15, -0.1) is 0 Å². The molecule has 3 rings (SSSR count). The Hall–Kier alpha value is -2.08. The summed E-state index contributed by atoms with van der Waals surface area (Å²) in [5.74, 6) is -1.18. The van der Waals surface area contributed by atoms with Crippen molar-refractivity contribution in [2.24, 2.45) is 0 Å². The Morgan fingerprint density at radius 3 is 2.58 bits per heavy atom. The molecule has 1 aromatic carbocycles. The number of rotatable bonds is 4. The lowest BCUT2D eigenvalue weighted by Crippen LogP contribution is -2.25. The number of nitrogens with one attached hydrogen (secondary N) is 1. The number of halogens is 3. The fourth-order valence-corrected chi connectivity index (χ4v) is 3.21. The summed E-state index contributed by atoms with van der Waals surface area (Å²) in [4.78, 5) is 32.1. The van der Waals surface area contributed by atoms with Crippen LogP contribution in [0.25, 0.3) is 10.9 Å². The minimum atomic E-state index is -1.03. The van der Waals surface area contributed by atoms with E-state index in [-0.39, 0.29) is 26.5 Å². The number of fused-ring (bicyclic) bond motifs is 1. The average molecular weight is 412 g/mol. The first-order valence-electron chi connectivity index (χ1n) is 7.63. The molecule has 2 aromatic heterocycles. The van der Waals surface area contributed by atoms with Gasteiger partial charge in [0.1, 0.15) is 0 Å². The summed E-state index contributed by atoms with van der Waals surface area (Å²) in [6.07, 6.45) is 0.163. The van der Waals surface area contributed by atoms with Crippen LogP contribution in [0.15, 0.2) is 30.5 Å². The van der Waals surface area contributed by atoms with Crippen molar-refractivity contribution >= 4 is 57.5 Å². The monoisotopic (exact) mass is 410 g/mol. The Balaban J connectivity index is 1.87. The third-order valence-electron chi connectivity index (χ3n) is 3.90. The predicted molar refractivity (Wildman–Crippen MR) is 102 cm³/mol. The molecule has 0 saturated heterocycles. The van der Waals surface area contributed by atoms with Crippen molar-refractivity contribution in [1.82, 2.24) is 9.97 Å². The number of Topliss-reactive ketones (excluding diaryl/α,β-unsaturated/α-hetero) is 1. The number of aryl methyl sites for hydroxylation is 1. The van der Waals surface area contributed by atoms with E-state index >= 15 is 0 Å². The summed E-state index contributed by atoms with van der Waals surface area (Å²) in [5.41, 5.74) is 1.82. The second-order valence-corrected chi connectivity index (χ2v) is 6.83. The summed E-state index contributed by atoms with van der Waals surface area (Å²) in [5, 5.41) is 0.768. The van der Waals surface area contributed by atoms with Crippen LogP contribution in [0.5, 0.6) is 0 Å². The Labute approximate surface area is 164 Å². The molecule has 0 saturated carbocycles. The molecular formula is C18H13Cl3N2O3. The van der Waals surface area contributed by atoms with Gasteiger partial charge in [0, 0.05) is 28.4 Å². The van der Waals surface area contributed by atoms with Crippen molar-refractivity contribution in [3.8, 4) is 0 Å². The number of esters is 1. The van der Waals surface area contributed by atoms with Gasteiger partial charge in [-0.3, -0.25) is 4.79 Å². The van der Waals surface area contributed by atoms with E-state index in [4.69, 9.17) is 39.5 Å². The first-order chi connectivity index (χ1) is 12.3. The van der Waals surface area contributed by atoms with Gasteiger partial charge < -0.3 is 9.72 Å². The Bertz CT molecular complexity index is 1030. The van der Waals surface area contributed by atoms with Gasteiger partial charge in [-0.25, -0.2) is 9.78 Å². The fourth-order valence-electron chi connectivity index (χ4n) is 2.65. The van der Waals surface area contributed by atoms with Crippen LogP contribution in [0, 0.1) is 6.92 Å². The van der Waals surface area contributed by atoms with E-state index < -0.39 is 12.1 Å². The van der Waals surface area contributed by atoms with Gasteiger partial charge >= 0.3 is 5.97 Å². The third kappa shape index (κ3) is 3.30. The molecule has 1 unspecified atom stereocenters. The number of pyridine rings is 1. The highest BCUT2D eigenvalue weighted by Crippen LogP contribution is 2.31. The van der Waals surface area contributed by atoms with Gasteiger partial charge in [0.05, 0.1) is 15.1 Å². The number of benzene rings is 1. The van der Waals surface area contributed by atoms with Gasteiger partial charge in [0.25, 0.3) is 0 Å². The van der Waals surface area contributed by atoms with Crippen LogP contribution in [0.2, 0.25) is 15.1 Å². The molecule has 0 spiro atoms. The summed E-state index contributed by atoms with van der Waals surface area (Å²) in [6, 6.07) is 7.41. The van der Waals surface area contributed by atoms with Crippen molar-refractivity contribution in [3.63, 3.8) is 0 Å². The van der Waals surface area contributed by atoms with E-state index in [2.05, 4.69) is 9.97 Å². The maximum absolute atomic E-state index is 12.8. The number of H-pyrrole nitrogens is 1. The molecule has 1 N–H and O–H groups in total. The van der Waals surface area contributed by atoms with Crippen LogP contribution in [-0.2, 0) is 4.74 Å². The maximum atomic E-state index is 12.8. The Kier molecular flexibility index (Phi) is 5.23. The third-order valence-corrected chi connectivity index (χ3v) is 5.14. The van der Waals surface area contributed by atoms with E-state index in [1.165, 1.54) is 13.1 Å². The number of carbonyl (C=O) groups is 2. The van der Waals surface area contributed by atoms with Gasteiger partial charge in [-0.2, -0.15) is 0 Å². The van der Waals surface area contributed by atoms with Gasteiger partial charge in [-0.1, -0.05) is 53.0 Å². The summed E-state index contributed by atoms with van der Waals surface area (Å²) >= 11 is 17.7. The van der Waals surface area contributed by atoms with Crippen molar-refractivity contribution in [2.45, 2.75) is 20.0 Å². The zero-order chi connectivity index (χ0) is 19.0. The lowest BCUT2D eigenvalue weighted by atomic mass is 10.0. The Morgan fingerprint density at radius 2 is 1.85 bits per heavy atom. The van der Waals surface area contributed by atoms with Crippen LogP contribution < -0.4 is 0 Å². The molecular weight excluding hydrogens is 399 g/mol. The SMILES string of the molecule is Cc1[nH]c2ccccc2c1C(=O)C(C)OC(=O)c1ncc(Cl)c(Cl)c1Cl. The lowest BCUT2D eigenvalue weighted by Gasteiger charge is -2.13. The molecule has 5 nitrogen and oxygen atoms in total. The quantitative estimate of drug-likeness (QED) is 0.469. The minimum absolute atomic E-state index is 0.00161. The normalized spacial score (nSPS) is 12.2. The molecule has 1 atom stereocenters. The highest BCUT2D eigenvalue weighted by atomic mass is 35.5. The van der Waals surface area contributed by atoms with Crippen molar-refractivity contribution in [1.29, 1.82) is 0 Å². The molecule has 0 aliphatic heterocycles. The standard InChI is InChI=1S/C18H13Cl3N2O3/c1-8-13(10-5-3-4-6-12(10)23-8)17(24)9(2)26-18(25)16-15(21)14(20)11(19)7-22-16/h3-7,9,23H,1-2H3. The zero-order valence-electron chi connectivity index (χ0n) is 13.8. The van der Waals surface area contributed by atoms with E-state index in [1.807, 2.05) is 24.3 Å². The molecule has 2 heterocycles. The smallest absolute Gasteiger partial charge is 0.359 e. The van der Waals surface area contributed by atoms with Crippen LogP contribution in [0.1, 0.15) is 33.5 Å². The summed E-state index contributed by atoms with van der Waals surface area (Å²) in [6.45, 7) is 3.28. The molecule has 8 heteroatoms. The first kappa shape index (κ1) is 18.7. The molecule has 0 fully saturated rings. The van der Waals surface area contributed by atoms with E-state index in [0.29, 0.717) is 11.3 Å². The first-order valence-corrected chi connectivity index (χ1v) is 8.76. The molecule has 0 radical (unpaired) electrons. The summed E-state index contributed by atoms with van der Waals surface area (Å²) in [7, 11) is 0. The van der Waals surface area contributed by atoms with Crippen molar-refractivity contribution < 1.29 is 14.3 Å². The molecule has 134 valence electrons. The second kappa shape index (κ2) is 7.27. The molecule has 0 aliphatic carbocycles. The number of ether oxygens (including phenoxy) is 1. The average Bonchev–Trinajstić information content (AvgIpc) is 2.94. The largest absolute Gasteiger partial charge is 0.449 e. The summed E-state index contributed by atoms with van der Waals surface area (Å²) < 4.78 is 5.25. The second-order valence-electron chi connectivity index (χ2n) is 5.67. The van der Waals surface area contributed by atoms with Crippen molar-refractivity contribution in [3.05, 3.63) is 62.5 Å². The van der Waals surface area contributed by atoms with Gasteiger partial charge in [-0.05, 0) is 19.9 Å². The van der Waals surface area contributed by atoms with Crippen LogP contribution in [0.4, 0.5) is 0 Å². The van der Waals surface area contributed by atoms with Crippen LogP contribution in [0.3, 0.4) is 0 Å². The lowest BCUT2D eigenvalue weighted by molar-refractivity contribution is 0.0313. The van der Waals surface area contributed by atoms with Crippen LogP contribution in [-0.4, -0.2) is 27.8 Å². The maximum Gasteiger partial charge on any atom is 0.359 e. The molecule has 3 aromatic rings. The number of para-hydroxylation sites is 1. The van der Waals surface area contributed by atoms with E-state index in [0.717, 1.165) is 10.9 Å². The minimum Gasteiger partial charge on any atom is -0.449 e. The number of ketones is 1. The van der Waals surface area contributed by atoms with E-state index in [1.54, 1.807) is 6.92 Å². The van der Waals surface area contributed by atoms with Gasteiger partial charge in [0.2, 0.25) is 5.78 Å². The molecule has 26 heavy (non-hydrogen) atoms. The van der Waals surface area contributed by atoms with Crippen molar-refractivity contribution in [2.75, 3.05) is 0 Å². The number of nitrogens with zero attached hydrogens (tertiary/aromatic N) is 1. The molecule has 0 aliphatic rings. The van der Waals surface area contributed by atoms with E-state index in [9.17, 15) is 9.59 Å². The number of hydrogen-bond donors (Lipinski definition) is 1. The number of carbonyl (C=O) groups excluding carboxylic acids is 2. The molecule has 0 bridgehead atoms. The number of hydrogen-bond acceptors (Lipinski definition) is 4. The molecule has 0 amide bonds. The Morgan fingerprint density at radius 1 is 1.15 bits per heavy atom. The van der Waals surface area contributed by atoms with Crippen LogP contribution >= 0.6 is 34.8 Å². The predicted octanol–water partition coefficient (Wildman–Crippen LogP) is 5.26. The van der Waals surface area contributed by atoms with Gasteiger partial charge in [0.15, 0.2) is 11.8 Å². The number of aromatic nitrogens is 2.